The number of urea groups is 1. The van der Waals surface area contributed by atoms with E-state index < -0.39 is 0 Å². The minimum atomic E-state index is -0.275. The number of rotatable bonds is 8. The summed E-state index contributed by atoms with van der Waals surface area (Å²) >= 11 is 0. The molecule has 0 unspecified atom stereocenters. The monoisotopic (exact) mass is 567 g/mol. The van der Waals surface area contributed by atoms with Crippen LogP contribution >= 0.6 is 0 Å². The molecule has 3 aliphatic rings. The SMILES string of the molecule is COc1ccc(CN2C(=O)CCN(c3ccc(N4CCC(N5CC(c6ccc(N=O)cc6)C5)CC4)cc3C)C2=O)cc1. The fourth-order valence-corrected chi connectivity index (χ4v) is 6.44. The first-order chi connectivity index (χ1) is 20.4. The van der Waals surface area contributed by atoms with Gasteiger partial charge in [0, 0.05) is 62.5 Å². The topological polar surface area (TPSA) is 85.8 Å². The van der Waals surface area contributed by atoms with Gasteiger partial charge in [0.15, 0.2) is 0 Å². The number of hydrogen-bond acceptors (Lipinski definition) is 7. The highest BCUT2D eigenvalue weighted by Crippen LogP contribution is 2.35. The van der Waals surface area contributed by atoms with Crippen LogP contribution < -0.4 is 14.5 Å². The number of anilines is 2. The molecule has 9 nitrogen and oxygen atoms in total. The van der Waals surface area contributed by atoms with Gasteiger partial charge in [0.05, 0.1) is 13.7 Å². The van der Waals surface area contributed by atoms with Gasteiger partial charge in [-0.1, -0.05) is 24.3 Å². The van der Waals surface area contributed by atoms with Crippen molar-refractivity contribution < 1.29 is 14.3 Å². The second-order valence-electron chi connectivity index (χ2n) is 11.5. The molecule has 3 aliphatic heterocycles. The Balaban J connectivity index is 1.04. The summed E-state index contributed by atoms with van der Waals surface area (Å²) in [6.07, 6.45) is 2.54. The van der Waals surface area contributed by atoms with Gasteiger partial charge in [0.2, 0.25) is 5.91 Å². The van der Waals surface area contributed by atoms with E-state index in [9.17, 15) is 14.5 Å². The standard InChI is InChI=1S/C33H37N5O4/c1-23-19-29(35-16-13-28(14-17-35)36-21-26(22-36)25-5-7-27(34-41)8-6-25)9-12-31(23)37-18-15-32(39)38(33(37)40)20-24-3-10-30(42-2)11-4-24/h3-12,19,26,28H,13-18,20-22H2,1-2H3. The average Bonchev–Trinajstić information content (AvgIpc) is 3.00. The van der Waals surface area contributed by atoms with E-state index in [1.165, 1.54) is 16.2 Å². The zero-order valence-electron chi connectivity index (χ0n) is 24.2. The summed E-state index contributed by atoms with van der Waals surface area (Å²) in [6, 6.07) is 21.7. The Morgan fingerprint density at radius 1 is 0.905 bits per heavy atom. The third-order valence-electron chi connectivity index (χ3n) is 9.01. The van der Waals surface area contributed by atoms with E-state index in [0.29, 0.717) is 30.6 Å². The van der Waals surface area contributed by atoms with Crippen molar-refractivity contribution in [1.82, 2.24) is 9.80 Å². The van der Waals surface area contributed by atoms with E-state index >= 15 is 0 Å². The van der Waals surface area contributed by atoms with Crippen LogP contribution in [0.1, 0.15) is 41.9 Å². The maximum atomic E-state index is 13.5. The molecule has 42 heavy (non-hydrogen) atoms. The minimum Gasteiger partial charge on any atom is -0.497 e. The molecule has 0 N–H and O–H groups in total. The lowest BCUT2D eigenvalue weighted by Crippen LogP contribution is -2.54. The Bertz CT molecular complexity index is 1440. The molecule has 0 saturated carbocycles. The van der Waals surface area contributed by atoms with E-state index in [1.54, 1.807) is 24.1 Å². The Morgan fingerprint density at radius 3 is 2.26 bits per heavy atom. The van der Waals surface area contributed by atoms with Crippen molar-refractivity contribution in [3.8, 4) is 5.75 Å². The van der Waals surface area contributed by atoms with Crippen LogP contribution in [0.2, 0.25) is 0 Å². The molecule has 218 valence electrons. The van der Waals surface area contributed by atoms with Gasteiger partial charge in [-0.05, 0) is 84.1 Å². The van der Waals surface area contributed by atoms with Crippen LogP contribution in [0.5, 0.6) is 5.75 Å². The number of methoxy groups -OCH3 is 1. The van der Waals surface area contributed by atoms with Crippen LogP contribution in [0, 0.1) is 11.8 Å². The van der Waals surface area contributed by atoms with E-state index in [4.69, 9.17) is 4.74 Å². The lowest BCUT2D eigenvalue weighted by Gasteiger charge is -2.47. The molecule has 0 aromatic heterocycles. The van der Waals surface area contributed by atoms with Gasteiger partial charge in [-0.15, -0.1) is 4.91 Å². The van der Waals surface area contributed by atoms with Crippen molar-refractivity contribution >= 4 is 29.0 Å². The number of benzene rings is 3. The molecule has 3 aromatic carbocycles. The van der Waals surface area contributed by atoms with E-state index in [-0.39, 0.29) is 18.5 Å². The van der Waals surface area contributed by atoms with Crippen LogP contribution in [0.4, 0.5) is 21.9 Å². The van der Waals surface area contributed by atoms with Crippen LogP contribution in [-0.4, -0.2) is 67.6 Å². The highest BCUT2D eigenvalue weighted by atomic mass is 16.5. The number of amides is 3. The minimum absolute atomic E-state index is 0.147. The lowest BCUT2D eigenvalue weighted by molar-refractivity contribution is -0.129. The summed E-state index contributed by atoms with van der Waals surface area (Å²) in [6.45, 7) is 6.79. The summed E-state index contributed by atoms with van der Waals surface area (Å²) in [4.78, 5) is 44.9. The number of likely N-dealkylation sites (tertiary alicyclic amines) is 1. The van der Waals surface area contributed by atoms with Crippen LogP contribution in [-0.2, 0) is 11.3 Å². The second-order valence-corrected chi connectivity index (χ2v) is 11.5. The molecule has 0 spiro atoms. The molecule has 3 amide bonds. The lowest BCUT2D eigenvalue weighted by atomic mass is 9.88. The third kappa shape index (κ3) is 5.61. The zero-order valence-corrected chi connectivity index (χ0v) is 24.2. The highest BCUT2D eigenvalue weighted by Gasteiger charge is 2.36. The molecular formula is C33H37N5O4. The van der Waals surface area contributed by atoms with Crippen molar-refractivity contribution in [2.24, 2.45) is 5.18 Å². The Hall–Kier alpha value is -4.24. The molecule has 0 aliphatic carbocycles. The maximum Gasteiger partial charge on any atom is 0.331 e. The van der Waals surface area contributed by atoms with Crippen molar-refractivity contribution in [3.63, 3.8) is 0 Å². The molecule has 3 saturated heterocycles. The number of carbonyl (C=O) groups is 2. The molecule has 9 heteroatoms. The van der Waals surface area contributed by atoms with E-state index in [2.05, 4.69) is 27.1 Å². The van der Waals surface area contributed by atoms with Gasteiger partial charge in [-0.3, -0.25) is 19.5 Å². The number of nitrogens with zero attached hydrogens (tertiary/aromatic N) is 5. The van der Waals surface area contributed by atoms with Crippen LogP contribution in [0.15, 0.2) is 71.9 Å². The molecular weight excluding hydrogens is 530 g/mol. The summed E-state index contributed by atoms with van der Waals surface area (Å²) < 4.78 is 5.22. The zero-order chi connectivity index (χ0) is 29.2. The first-order valence-corrected chi connectivity index (χ1v) is 14.7. The molecule has 3 aromatic rings. The number of piperidine rings is 1. The first-order valence-electron chi connectivity index (χ1n) is 14.7. The highest BCUT2D eigenvalue weighted by molar-refractivity contribution is 6.06. The van der Waals surface area contributed by atoms with Crippen molar-refractivity contribution in [1.29, 1.82) is 0 Å². The number of hydrogen-bond donors (Lipinski definition) is 0. The van der Waals surface area contributed by atoms with Gasteiger partial charge in [-0.25, -0.2) is 4.79 Å². The van der Waals surface area contributed by atoms with Gasteiger partial charge in [0.25, 0.3) is 0 Å². The molecule has 0 radical (unpaired) electrons. The van der Waals surface area contributed by atoms with E-state index in [1.807, 2.05) is 49.4 Å². The van der Waals surface area contributed by atoms with Gasteiger partial charge in [-0.2, -0.15) is 0 Å². The van der Waals surface area contributed by atoms with Crippen molar-refractivity contribution in [2.45, 2.75) is 44.7 Å². The van der Waals surface area contributed by atoms with Gasteiger partial charge in [0.1, 0.15) is 11.4 Å². The van der Waals surface area contributed by atoms with Gasteiger partial charge >= 0.3 is 6.03 Å². The quantitative estimate of drug-likeness (QED) is 0.319. The second kappa shape index (κ2) is 11.9. The summed E-state index contributed by atoms with van der Waals surface area (Å²) in [7, 11) is 1.61. The largest absolute Gasteiger partial charge is 0.497 e. The molecule has 0 bridgehead atoms. The Kier molecular flexibility index (Phi) is 7.93. The summed E-state index contributed by atoms with van der Waals surface area (Å²) in [5, 5.41) is 3.00. The molecule has 0 atom stereocenters. The van der Waals surface area contributed by atoms with Gasteiger partial charge < -0.3 is 9.64 Å². The number of carbonyl (C=O) groups excluding carboxylic acids is 2. The maximum absolute atomic E-state index is 13.5. The Labute approximate surface area is 246 Å². The normalized spacial score (nSPS) is 18.8. The molecule has 6 rings (SSSR count). The fourth-order valence-electron chi connectivity index (χ4n) is 6.44. The third-order valence-corrected chi connectivity index (χ3v) is 9.01. The Morgan fingerprint density at radius 2 is 1.62 bits per heavy atom. The molecule has 3 fully saturated rings. The predicted octanol–water partition coefficient (Wildman–Crippen LogP) is 5.83. The smallest absolute Gasteiger partial charge is 0.331 e. The number of nitroso groups, excluding NO2 is 1. The predicted molar refractivity (Wildman–Crippen MR) is 164 cm³/mol. The number of ether oxygens (including phenoxy) is 1. The number of imide groups is 1. The first kappa shape index (κ1) is 27.9. The van der Waals surface area contributed by atoms with Crippen molar-refractivity contribution in [2.75, 3.05) is 49.6 Å². The van der Waals surface area contributed by atoms with Crippen LogP contribution in [0.25, 0.3) is 0 Å². The summed E-state index contributed by atoms with van der Waals surface area (Å²) in [5.74, 6) is 1.12. The fraction of sp³-hybridized carbons (Fsp3) is 0.394. The molecule has 3 heterocycles. The number of aryl methyl sites for hydroxylation is 1. The van der Waals surface area contributed by atoms with Crippen LogP contribution in [0.3, 0.4) is 0 Å². The average molecular weight is 568 g/mol. The summed E-state index contributed by atoms with van der Waals surface area (Å²) in [5.41, 5.74) is 5.71. The van der Waals surface area contributed by atoms with E-state index in [0.717, 1.165) is 61.6 Å². The van der Waals surface area contributed by atoms with Crippen molar-refractivity contribution in [3.05, 3.63) is 88.3 Å².